The smallest absolute Gasteiger partial charge is 0.292 e. The molecule has 6 nitrogen and oxygen atoms in total. The number of hydrogen-bond donors (Lipinski definition) is 1. The van der Waals surface area contributed by atoms with Crippen LogP contribution < -0.4 is 0 Å². The van der Waals surface area contributed by atoms with E-state index < -0.39 is 6.10 Å². The first-order valence-electron chi connectivity index (χ1n) is 8.11. The predicted octanol–water partition coefficient (Wildman–Crippen LogP) is 3.08. The molecule has 1 amide bonds. The van der Waals surface area contributed by atoms with Crippen LogP contribution in [0, 0.1) is 6.92 Å². The fourth-order valence-electron chi connectivity index (χ4n) is 3.15. The summed E-state index contributed by atoms with van der Waals surface area (Å²) in [6.07, 6.45) is 5.28. The van der Waals surface area contributed by atoms with Crippen molar-refractivity contribution in [1.29, 1.82) is 0 Å². The summed E-state index contributed by atoms with van der Waals surface area (Å²) in [5.41, 5.74) is 0.690. The lowest BCUT2D eigenvalue weighted by molar-refractivity contribution is 0.0521. The maximum atomic E-state index is 12.7. The van der Waals surface area contributed by atoms with Gasteiger partial charge in [0.25, 0.3) is 5.91 Å². The monoisotopic (exact) mass is 318 g/mol. The van der Waals surface area contributed by atoms with Crippen molar-refractivity contribution in [3.05, 3.63) is 41.7 Å². The standard InChI is InChI=1S/C17H22N2O4/c1-12-10-16(23-18-12)17(21)19-8-4-2-3-6-13(19)11-14(20)15-7-5-9-22-15/h5,7,9-10,13-14,20H,2-4,6,8,11H2,1H3. The van der Waals surface area contributed by atoms with Gasteiger partial charge >= 0.3 is 0 Å². The molecular formula is C17H22N2O4. The first-order chi connectivity index (χ1) is 11.1. The zero-order chi connectivity index (χ0) is 16.2. The Morgan fingerprint density at radius 3 is 3.04 bits per heavy atom. The van der Waals surface area contributed by atoms with Crippen LogP contribution in [0.5, 0.6) is 0 Å². The van der Waals surface area contributed by atoms with E-state index in [0.717, 1.165) is 25.7 Å². The highest BCUT2D eigenvalue weighted by molar-refractivity contribution is 5.91. The molecule has 1 N–H and O–H groups in total. The van der Waals surface area contributed by atoms with E-state index in [9.17, 15) is 9.90 Å². The first kappa shape index (κ1) is 15.8. The highest BCUT2D eigenvalue weighted by Crippen LogP contribution is 2.27. The van der Waals surface area contributed by atoms with Gasteiger partial charge in [0.1, 0.15) is 11.9 Å². The molecular weight excluding hydrogens is 296 g/mol. The number of hydrogen-bond acceptors (Lipinski definition) is 5. The van der Waals surface area contributed by atoms with E-state index in [-0.39, 0.29) is 17.7 Å². The number of furan rings is 1. The number of carbonyl (C=O) groups is 1. The van der Waals surface area contributed by atoms with Crippen molar-refractivity contribution in [2.75, 3.05) is 6.54 Å². The number of aromatic nitrogens is 1. The number of amides is 1. The normalized spacial score (nSPS) is 20.3. The molecule has 0 saturated carbocycles. The van der Waals surface area contributed by atoms with E-state index in [4.69, 9.17) is 8.94 Å². The molecule has 2 unspecified atom stereocenters. The molecule has 124 valence electrons. The van der Waals surface area contributed by atoms with Gasteiger partial charge in [-0.3, -0.25) is 4.79 Å². The molecule has 1 aliphatic heterocycles. The van der Waals surface area contributed by atoms with Crippen LogP contribution in [0.2, 0.25) is 0 Å². The summed E-state index contributed by atoms with van der Waals surface area (Å²) >= 11 is 0. The van der Waals surface area contributed by atoms with Gasteiger partial charge in [0.15, 0.2) is 0 Å². The van der Waals surface area contributed by atoms with E-state index in [0.29, 0.717) is 24.4 Å². The highest BCUT2D eigenvalue weighted by atomic mass is 16.5. The predicted molar refractivity (Wildman–Crippen MR) is 82.8 cm³/mol. The summed E-state index contributed by atoms with van der Waals surface area (Å²) < 4.78 is 10.4. The minimum absolute atomic E-state index is 0.0319. The minimum Gasteiger partial charge on any atom is -0.467 e. The molecule has 1 aliphatic rings. The number of aryl methyl sites for hydroxylation is 1. The number of aliphatic hydroxyl groups is 1. The SMILES string of the molecule is Cc1cc(C(=O)N2CCCCCC2CC(O)c2ccco2)on1. The van der Waals surface area contributed by atoms with Crippen molar-refractivity contribution in [2.24, 2.45) is 0 Å². The Balaban J connectivity index is 1.75. The third kappa shape index (κ3) is 3.64. The van der Waals surface area contributed by atoms with E-state index in [1.165, 1.54) is 0 Å². The zero-order valence-electron chi connectivity index (χ0n) is 13.3. The van der Waals surface area contributed by atoms with Crippen LogP contribution in [0.3, 0.4) is 0 Å². The van der Waals surface area contributed by atoms with Gasteiger partial charge in [0.2, 0.25) is 5.76 Å². The molecule has 2 aromatic heterocycles. The molecule has 0 aromatic carbocycles. The van der Waals surface area contributed by atoms with Gasteiger partial charge in [-0.05, 0) is 31.9 Å². The van der Waals surface area contributed by atoms with Gasteiger partial charge in [0, 0.05) is 25.1 Å². The Kier molecular flexibility index (Phi) is 4.81. The van der Waals surface area contributed by atoms with E-state index in [2.05, 4.69) is 5.16 Å². The average Bonchev–Trinajstić information content (AvgIpc) is 3.16. The number of aliphatic hydroxyl groups excluding tert-OH is 1. The Morgan fingerprint density at radius 1 is 1.48 bits per heavy atom. The maximum Gasteiger partial charge on any atom is 0.292 e. The second kappa shape index (κ2) is 7.00. The summed E-state index contributed by atoms with van der Waals surface area (Å²) in [6.45, 7) is 2.47. The number of likely N-dealkylation sites (tertiary alicyclic amines) is 1. The van der Waals surface area contributed by atoms with E-state index in [1.807, 2.05) is 4.90 Å². The zero-order valence-corrected chi connectivity index (χ0v) is 13.3. The van der Waals surface area contributed by atoms with Gasteiger partial charge in [-0.1, -0.05) is 18.0 Å². The summed E-state index contributed by atoms with van der Waals surface area (Å²) in [6, 6.07) is 5.14. The molecule has 2 aromatic rings. The summed E-state index contributed by atoms with van der Waals surface area (Å²) in [5, 5.41) is 14.2. The highest BCUT2D eigenvalue weighted by Gasteiger charge is 2.30. The van der Waals surface area contributed by atoms with Crippen LogP contribution in [0.15, 0.2) is 33.4 Å². The molecule has 6 heteroatoms. The third-order valence-corrected chi connectivity index (χ3v) is 4.34. The molecule has 3 heterocycles. The van der Waals surface area contributed by atoms with Crippen LogP contribution in [-0.2, 0) is 0 Å². The van der Waals surface area contributed by atoms with Gasteiger partial charge in [-0.15, -0.1) is 0 Å². The van der Waals surface area contributed by atoms with Crippen molar-refractivity contribution in [3.63, 3.8) is 0 Å². The van der Waals surface area contributed by atoms with E-state index >= 15 is 0 Å². The molecule has 0 spiro atoms. The van der Waals surface area contributed by atoms with Crippen molar-refractivity contribution in [1.82, 2.24) is 10.1 Å². The maximum absolute atomic E-state index is 12.7. The molecule has 3 rings (SSSR count). The van der Waals surface area contributed by atoms with Crippen molar-refractivity contribution in [2.45, 2.75) is 51.2 Å². The topological polar surface area (TPSA) is 79.7 Å². The van der Waals surface area contributed by atoms with Crippen LogP contribution in [0.25, 0.3) is 0 Å². The Labute approximate surface area is 135 Å². The molecule has 0 aliphatic carbocycles. The molecule has 2 atom stereocenters. The molecule has 23 heavy (non-hydrogen) atoms. The summed E-state index contributed by atoms with van der Waals surface area (Å²) in [7, 11) is 0. The second-order valence-electron chi connectivity index (χ2n) is 6.10. The number of nitrogens with zero attached hydrogens (tertiary/aromatic N) is 2. The molecule has 0 bridgehead atoms. The van der Waals surface area contributed by atoms with Crippen LogP contribution in [-0.4, -0.2) is 33.7 Å². The second-order valence-corrected chi connectivity index (χ2v) is 6.10. The molecule has 0 radical (unpaired) electrons. The fourth-order valence-corrected chi connectivity index (χ4v) is 3.15. The van der Waals surface area contributed by atoms with Crippen LogP contribution in [0.4, 0.5) is 0 Å². The minimum atomic E-state index is -0.708. The molecule has 1 fully saturated rings. The lowest BCUT2D eigenvalue weighted by atomic mass is 10.0. The lowest BCUT2D eigenvalue weighted by Crippen LogP contribution is -2.40. The van der Waals surface area contributed by atoms with Crippen LogP contribution in [0.1, 0.15) is 60.2 Å². The Hall–Kier alpha value is -2.08. The van der Waals surface area contributed by atoms with Gasteiger partial charge < -0.3 is 18.9 Å². The van der Waals surface area contributed by atoms with Gasteiger partial charge in [-0.2, -0.15) is 0 Å². The average molecular weight is 318 g/mol. The van der Waals surface area contributed by atoms with Crippen molar-refractivity contribution in [3.8, 4) is 0 Å². The molecule has 1 saturated heterocycles. The first-order valence-corrected chi connectivity index (χ1v) is 8.11. The Morgan fingerprint density at radius 2 is 2.35 bits per heavy atom. The number of carbonyl (C=O) groups excluding carboxylic acids is 1. The van der Waals surface area contributed by atoms with Crippen molar-refractivity contribution >= 4 is 5.91 Å². The van der Waals surface area contributed by atoms with E-state index in [1.54, 1.807) is 31.4 Å². The quantitative estimate of drug-likeness (QED) is 0.937. The Bertz CT molecular complexity index is 635. The van der Waals surface area contributed by atoms with Gasteiger partial charge in [0.05, 0.1) is 12.0 Å². The number of rotatable bonds is 4. The fraction of sp³-hybridized carbons (Fsp3) is 0.529. The van der Waals surface area contributed by atoms with Crippen molar-refractivity contribution < 1.29 is 18.8 Å². The van der Waals surface area contributed by atoms with Crippen LogP contribution >= 0.6 is 0 Å². The lowest BCUT2D eigenvalue weighted by Gasteiger charge is -2.30. The third-order valence-electron chi connectivity index (χ3n) is 4.34. The largest absolute Gasteiger partial charge is 0.467 e. The van der Waals surface area contributed by atoms with Gasteiger partial charge in [-0.25, -0.2) is 0 Å². The summed E-state index contributed by atoms with van der Waals surface area (Å²) in [4.78, 5) is 14.5. The summed E-state index contributed by atoms with van der Waals surface area (Å²) in [5.74, 6) is 0.656.